The Morgan fingerprint density at radius 2 is 1.96 bits per heavy atom. The van der Waals surface area contributed by atoms with Crippen LogP contribution in [0.15, 0.2) is 17.1 Å². The number of ether oxygens (including phenoxy) is 3. The monoisotopic (exact) mass is 349 g/mol. The van der Waals surface area contributed by atoms with Crippen molar-refractivity contribution in [3.05, 3.63) is 17.7 Å². The maximum atomic E-state index is 5.55. The lowest BCUT2D eigenvalue weighted by molar-refractivity contribution is 0.266. The second-order valence-corrected chi connectivity index (χ2v) is 6.41. The molecule has 6 nitrogen and oxygen atoms in total. The van der Waals surface area contributed by atoms with Gasteiger partial charge in [-0.25, -0.2) is 0 Å². The molecule has 140 valence electrons. The molecule has 0 saturated carbocycles. The van der Waals surface area contributed by atoms with E-state index in [1.165, 1.54) is 12.8 Å². The van der Waals surface area contributed by atoms with Gasteiger partial charge in [0.2, 0.25) is 5.75 Å². The molecule has 1 aromatic rings. The molecule has 1 aliphatic heterocycles. The lowest BCUT2D eigenvalue weighted by Gasteiger charge is -2.33. The van der Waals surface area contributed by atoms with E-state index in [1.807, 2.05) is 19.2 Å². The van der Waals surface area contributed by atoms with Crippen molar-refractivity contribution in [2.24, 2.45) is 10.9 Å². The molecular weight excluding hydrogens is 318 g/mol. The fourth-order valence-corrected chi connectivity index (χ4v) is 3.38. The molecule has 0 radical (unpaired) electrons. The number of hydrogen-bond donors (Lipinski definition) is 1. The fraction of sp³-hybridized carbons (Fsp3) is 0.632. The summed E-state index contributed by atoms with van der Waals surface area (Å²) >= 11 is 0. The van der Waals surface area contributed by atoms with Crippen molar-refractivity contribution in [1.29, 1.82) is 0 Å². The van der Waals surface area contributed by atoms with Crippen LogP contribution in [-0.2, 0) is 6.42 Å². The molecule has 0 bridgehead atoms. The van der Waals surface area contributed by atoms with Crippen LogP contribution in [-0.4, -0.2) is 58.9 Å². The summed E-state index contributed by atoms with van der Waals surface area (Å²) in [5.41, 5.74) is 1.08. The number of rotatable bonds is 6. The molecule has 0 aliphatic carbocycles. The number of aliphatic imine (C=N–C) groups is 1. The highest BCUT2D eigenvalue weighted by atomic mass is 16.5. The van der Waals surface area contributed by atoms with Gasteiger partial charge in [-0.3, -0.25) is 4.99 Å². The van der Waals surface area contributed by atoms with E-state index in [1.54, 1.807) is 21.3 Å². The highest BCUT2D eigenvalue weighted by Crippen LogP contribution is 2.39. The van der Waals surface area contributed by atoms with Crippen molar-refractivity contribution in [2.45, 2.75) is 26.2 Å². The van der Waals surface area contributed by atoms with E-state index in [0.717, 1.165) is 49.2 Å². The number of hydrogen-bond acceptors (Lipinski definition) is 4. The van der Waals surface area contributed by atoms with Gasteiger partial charge < -0.3 is 24.4 Å². The maximum absolute atomic E-state index is 5.55. The Morgan fingerprint density at radius 1 is 1.20 bits per heavy atom. The molecule has 1 saturated heterocycles. The van der Waals surface area contributed by atoms with Crippen LogP contribution in [0.4, 0.5) is 0 Å². The molecule has 25 heavy (non-hydrogen) atoms. The summed E-state index contributed by atoms with van der Waals surface area (Å²) in [5.74, 6) is 3.74. The molecule has 1 unspecified atom stereocenters. The third-order valence-electron chi connectivity index (χ3n) is 4.63. The van der Waals surface area contributed by atoms with Crippen molar-refractivity contribution < 1.29 is 14.2 Å². The first-order valence-corrected chi connectivity index (χ1v) is 8.88. The molecule has 1 aliphatic rings. The summed E-state index contributed by atoms with van der Waals surface area (Å²) in [7, 11) is 6.75. The Bertz CT molecular complexity index is 590. The number of benzene rings is 1. The van der Waals surface area contributed by atoms with E-state index in [0.29, 0.717) is 11.5 Å². The van der Waals surface area contributed by atoms with Crippen LogP contribution < -0.4 is 19.5 Å². The quantitative estimate of drug-likeness (QED) is 0.632. The van der Waals surface area contributed by atoms with Gasteiger partial charge in [-0.1, -0.05) is 13.0 Å². The third-order valence-corrected chi connectivity index (χ3v) is 4.63. The van der Waals surface area contributed by atoms with Crippen LogP contribution >= 0.6 is 0 Å². The Kier molecular flexibility index (Phi) is 7.22. The van der Waals surface area contributed by atoms with Gasteiger partial charge in [0.15, 0.2) is 17.5 Å². The lowest BCUT2D eigenvalue weighted by Crippen LogP contribution is -2.46. The molecule has 1 N–H and O–H groups in total. The molecule has 0 amide bonds. The zero-order chi connectivity index (χ0) is 18.2. The van der Waals surface area contributed by atoms with Gasteiger partial charge in [0.25, 0.3) is 0 Å². The van der Waals surface area contributed by atoms with Crippen LogP contribution in [0.25, 0.3) is 0 Å². The maximum Gasteiger partial charge on any atom is 0.203 e. The van der Waals surface area contributed by atoms with E-state index in [9.17, 15) is 0 Å². The van der Waals surface area contributed by atoms with Crippen LogP contribution in [0.2, 0.25) is 0 Å². The van der Waals surface area contributed by atoms with Gasteiger partial charge >= 0.3 is 0 Å². The van der Waals surface area contributed by atoms with Crippen LogP contribution in [0.1, 0.15) is 25.3 Å². The summed E-state index contributed by atoms with van der Waals surface area (Å²) in [5, 5.41) is 3.47. The number of guanidine groups is 1. The predicted molar refractivity (Wildman–Crippen MR) is 101 cm³/mol. The average molecular weight is 349 g/mol. The number of nitrogens with zero attached hydrogens (tertiary/aromatic N) is 2. The van der Waals surface area contributed by atoms with Crippen LogP contribution in [0, 0.1) is 5.92 Å². The van der Waals surface area contributed by atoms with E-state index < -0.39 is 0 Å². The summed E-state index contributed by atoms with van der Waals surface area (Å²) in [6, 6.07) is 3.94. The third kappa shape index (κ3) is 4.71. The molecular formula is C19H31N3O3. The molecule has 1 aromatic carbocycles. The van der Waals surface area contributed by atoms with Crippen LogP contribution in [0.3, 0.4) is 0 Å². The molecule has 0 aromatic heterocycles. The number of methoxy groups -OCH3 is 3. The Labute approximate surface area is 151 Å². The topological polar surface area (TPSA) is 55.3 Å². The molecule has 1 atom stereocenters. The zero-order valence-electron chi connectivity index (χ0n) is 16.1. The Morgan fingerprint density at radius 3 is 2.56 bits per heavy atom. The lowest BCUT2D eigenvalue weighted by atomic mass is 10.0. The van der Waals surface area contributed by atoms with Gasteiger partial charge in [0.05, 0.1) is 21.3 Å². The van der Waals surface area contributed by atoms with Gasteiger partial charge in [-0.05, 0) is 31.2 Å². The smallest absolute Gasteiger partial charge is 0.203 e. The van der Waals surface area contributed by atoms with Crippen molar-refractivity contribution in [2.75, 3.05) is 48.0 Å². The first-order valence-electron chi connectivity index (χ1n) is 8.88. The normalized spacial score (nSPS) is 18.0. The standard InChI is InChI=1S/C19H31N3O3/c1-14-7-6-12-22(13-14)19(20-2)21-11-10-15-8-9-16(23-3)18(25-5)17(15)24-4/h8-9,14H,6-7,10-13H2,1-5H3,(H,20,21). The largest absolute Gasteiger partial charge is 0.493 e. The van der Waals surface area contributed by atoms with Gasteiger partial charge in [-0.2, -0.15) is 0 Å². The molecule has 2 rings (SSSR count). The summed E-state index contributed by atoms with van der Waals surface area (Å²) in [4.78, 5) is 6.78. The minimum absolute atomic E-state index is 0.636. The fourth-order valence-electron chi connectivity index (χ4n) is 3.38. The van der Waals surface area contributed by atoms with Crippen molar-refractivity contribution in [3.8, 4) is 17.2 Å². The first-order chi connectivity index (χ1) is 12.1. The van der Waals surface area contributed by atoms with Crippen molar-refractivity contribution in [3.63, 3.8) is 0 Å². The molecule has 0 spiro atoms. The highest BCUT2D eigenvalue weighted by molar-refractivity contribution is 5.80. The second-order valence-electron chi connectivity index (χ2n) is 6.41. The SMILES string of the molecule is CN=C(NCCc1ccc(OC)c(OC)c1OC)N1CCCC(C)C1. The average Bonchev–Trinajstić information content (AvgIpc) is 2.64. The van der Waals surface area contributed by atoms with E-state index in [-0.39, 0.29) is 0 Å². The van der Waals surface area contributed by atoms with Gasteiger partial charge in [-0.15, -0.1) is 0 Å². The summed E-state index contributed by atoms with van der Waals surface area (Å²) in [6.45, 7) is 5.22. The first kappa shape index (κ1) is 19.2. The Balaban J connectivity index is 2.01. The second kappa shape index (κ2) is 9.39. The predicted octanol–water partition coefficient (Wildman–Crippen LogP) is 2.56. The van der Waals surface area contributed by atoms with Gasteiger partial charge in [0, 0.05) is 32.2 Å². The summed E-state index contributed by atoms with van der Waals surface area (Å²) in [6.07, 6.45) is 3.34. The van der Waals surface area contributed by atoms with Crippen molar-refractivity contribution in [1.82, 2.24) is 10.2 Å². The van der Waals surface area contributed by atoms with E-state index in [2.05, 4.69) is 22.1 Å². The number of nitrogens with one attached hydrogen (secondary N) is 1. The molecule has 1 fully saturated rings. The number of likely N-dealkylation sites (tertiary alicyclic amines) is 1. The molecule has 1 heterocycles. The van der Waals surface area contributed by atoms with E-state index in [4.69, 9.17) is 14.2 Å². The zero-order valence-corrected chi connectivity index (χ0v) is 16.1. The van der Waals surface area contributed by atoms with Crippen LogP contribution in [0.5, 0.6) is 17.2 Å². The summed E-state index contributed by atoms with van der Waals surface area (Å²) < 4.78 is 16.3. The number of piperidine rings is 1. The van der Waals surface area contributed by atoms with Crippen molar-refractivity contribution >= 4 is 5.96 Å². The highest BCUT2D eigenvalue weighted by Gasteiger charge is 2.19. The minimum Gasteiger partial charge on any atom is -0.493 e. The van der Waals surface area contributed by atoms with Gasteiger partial charge in [0.1, 0.15) is 0 Å². The molecule has 6 heteroatoms. The Hall–Kier alpha value is -2.11. The minimum atomic E-state index is 0.636. The van der Waals surface area contributed by atoms with E-state index >= 15 is 0 Å².